The van der Waals surface area contributed by atoms with Gasteiger partial charge < -0.3 is 5.32 Å². The Hall–Kier alpha value is -0.590. The lowest BCUT2D eigenvalue weighted by Crippen LogP contribution is -2.24. The van der Waals surface area contributed by atoms with Crippen molar-refractivity contribution in [3.63, 3.8) is 0 Å². The van der Waals surface area contributed by atoms with Crippen LogP contribution in [-0.4, -0.2) is 17.2 Å². The van der Waals surface area contributed by atoms with Crippen molar-refractivity contribution in [1.82, 2.24) is 5.32 Å². The van der Waals surface area contributed by atoms with Gasteiger partial charge in [0.25, 0.3) is 0 Å². The molecule has 0 saturated carbocycles. The maximum atomic E-state index is 10.5. The van der Waals surface area contributed by atoms with Crippen molar-refractivity contribution in [2.45, 2.75) is 11.8 Å². The summed E-state index contributed by atoms with van der Waals surface area (Å²) >= 11 is 3.01. The Morgan fingerprint density at radius 1 is 1.64 bits per heavy atom. The Balaban J connectivity index is 2.11. The second-order valence-corrected chi connectivity index (χ2v) is 5.14. The molecular formula is C8H10N2O2S2. The average molecular weight is 230 g/mol. The second-order valence-electron chi connectivity index (χ2n) is 3.03. The number of hydrogen-bond donors (Lipinski definition) is 1. The van der Waals surface area contributed by atoms with Crippen molar-refractivity contribution in [2.24, 2.45) is 0 Å². The molecule has 1 unspecified atom stereocenters. The van der Waals surface area contributed by atoms with E-state index in [2.05, 4.69) is 5.32 Å². The fourth-order valence-corrected chi connectivity index (χ4v) is 3.30. The van der Waals surface area contributed by atoms with E-state index < -0.39 is 0 Å². The van der Waals surface area contributed by atoms with Gasteiger partial charge in [0.05, 0.1) is 10.3 Å². The van der Waals surface area contributed by atoms with E-state index in [-0.39, 0.29) is 15.3 Å². The van der Waals surface area contributed by atoms with E-state index >= 15 is 0 Å². The van der Waals surface area contributed by atoms with Crippen LogP contribution >= 0.6 is 23.1 Å². The van der Waals surface area contributed by atoms with Crippen LogP contribution in [0.25, 0.3) is 0 Å². The molecular weight excluding hydrogens is 220 g/mol. The third-order valence-corrected chi connectivity index (χ3v) is 4.22. The Labute approximate surface area is 89.9 Å². The molecule has 0 aliphatic carbocycles. The van der Waals surface area contributed by atoms with Gasteiger partial charge in [0.15, 0.2) is 0 Å². The quantitative estimate of drug-likeness (QED) is 0.626. The van der Waals surface area contributed by atoms with Gasteiger partial charge in [-0.15, -0.1) is 11.8 Å². The SMILES string of the molecule is O=[N+]([O-])c1cc(C2NCCCS2)cs1. The van der Waals surface area contributed by atoms with Crippen molar-refractivity contribution >= 4 is 28.1 Å². The standard InChI is InChI=1S/C8H10N2O2S2/c11-10(12)7-4-6(5-14-7)8-9-2-1-3-13-8/h4-5,8-9H,1-3H2. The summed E-state index contributed by atoms with van der Waals surface area (Å²) in [6.45, 7) is 1.00. The smallest absolute Gasteiger partial charge is 0.302 e. The molecule has 1 fully saturated rings. The zero-order chi connectivity index (χ0) is 9.97. The number of thioether (sulfide) groups is 1. The lowest BCUT2D eigenvalue weighted by molar-refractivity contribution is -0.380. The lowest BCUT2D eigenvalue weighted by atomic mass is 10.3. The molecule has 2 rings (SSSR count). The van der Waals surface area contributed by atoms with Crippen LogP contribution in [0.15, 0.2) is 11.4 Å². The molecule has 1 aromatic rings. The molecule has 0 spiro atoms. The molecule has 14 heavy (non-hydrogen) atoms. The number of hydrogen-bond acceptors (Lipinski definition) is 5. The molecule has 0 bridgehead atoms. The van der Waals surface area contributed by atoms with Crippen LogP contribution in [0.4, 0.5) is 5.00 Å². The molecule has 1 N–H and O–H groups in total. The highest BCUT2D eigenvalue weighted by Crippen LogP contribution is 2.34. The van der Waals surface area contributed by atoms with E-state index in [9.17, 15) is 10.1 Å². The van der Waals surface area contributed by atoms with Crippen molar-refractivity contribution in [1.29, 1.82) is 0 Å². The second kappa shape index (κ2) is 4.29. The van der Waals surface area contributed by atoms with Gasteiger partial charge in [0.2, 0.25) is 0 Å². The topological polar surface area (TPSA) is 55.2 Å². The van der Waals surface area contributed by atoms with Gasteiger partial charge in [-0.1, -0.05) is 11.3 Å². The van der Waals surface area contributed by atoms with Crippen molar-refractivity contribution in [2.75, 3.05) is 12.3 Å². The Morgan fingerprint density at radius 2 is 2.50 bits per heavy atom. The molecule has 1 aromatic heterocycles. The summed E-state index contributed by atoms with van der Waals surface area (Å²) < 4.78 is 0. The van der Waals surface area contributed by atoms with Gasteiger partial charge in [-0.3, -0.25) is 10.1 Å². The van der Waals surface area contributed by atoms with Crippen LogP contribution in [0, 0.1) is 10.1 Å². The minimum Gasteiger partial charge on any atom is -0.302 e. The third-order valence-electron chi connectivity index (χ3n) is 2.02. The summed E-state index contributed by atoms with van der Waals surface area (Å²) in [7, 11) is 0. The van der Waals surface area contributed by atoms with Crippen LogP contribution in [0.5, 0.6) is 0 Å². The van der Waals surface area contributed by atoms with Crippen LogP contribution in [0.3, 0.4) is 0 Å². The van der Waals surface area contributed by atoms with E-state index in [1.54, 1.807) is 6.07 Å². The first kappa shape index (κ1) is 9.95. The van der Waals surface area contributed by atoms with Gasteiger partial charge in [0.1, 0.15) is 0 Å². The van der Waals surface area contributed by atoms with Gasteiger partial charge >= 0.3 is 5.00 Å². The molecule has 0 aromatic carbocycles. The summed E-state index contributed by atoms with van der Waals surface area (Å²) in [5.41, 5.74) is 1.03. The Morgan fingerprint density at radius 3 is 3.07 bits per heavy atom. The maximum absolute atomic E-state index is 10.5. The summed E-state index contributed by atoms with van der Waals surface area (Å²) in [6.07, 6.45) is 1.17. The first-order chi connectivity index (χ1) is 6.77. The van der Waals surface area contributed by atoms with E-state index in [0.29, 0.717) is 0 Å². The van der Waals surface area contributed by atoms with E-state index in [4.69, 9.17) is 0 Å². The number of thiophene rings is 1. The number of rotatable bonds is 2. The highest BCUT2D eigenvalue weighted by Gasteiger charge is 2.19. The minimum absolute atomic E-state index is 0.230. The van der Waals surface area contributed by atoms with Crippen molar-refractivity contribution in [3.8, 4) is 0 Å². The van der Waals surface area contributed by atoms with E-state index in [1.165, 1.54) is 17.8 Å². The highest BCUT2D eigenvalue weighted by atomic mass is 32.2. The largest absolute Gasteiger partial charge is 0.324 e. The summed E-state index contributed by atoms with van der Waals surface area (Å²) in [5.74, 6) is 1.13. The maximum Gasteiger partial charge on any atom is 0.324 e. The number of nitrogens with one attached hydrogen (secondary N) is 1. The molecule has 1 atom stereocenters. The van der Waals surface area contributed by atoms with Crippen LogP contribution in [0.1, 0.15) is 17.4 Å². The molecule has 6 heteroatoms. The fraction of sp³-hybridized carbons (Fsp3) is 0.500. The predicted octanol–water partition coefficient (Wildman–Crippen LogP) is 2.38. The number of nitrogens with zero attached hydrogens (tertiary/aromatic N) is 1. The predicted molar refractivity (Wildman–Crippen MR) is 58.8 cm³/mol. The van der Waals surface area contributed by atoms with Gasteiger partial charge in [0, 0.05) is 11.4 Å². The van der Waals surface area contributed by atoms with Crippen molar-refractivity contribution < 1.29 is 4.92 Å². The van der Waals surface area contributed by atoms with Crippen molar-refractivity contribution in [3.05, 3.63) is 27.1 Å². The third kappa shape index (κ3) is 2.08. The van der Waals surface area contributed by atoms with Crippen LogP contribution < -0.4 is 5.32 Å². The molecule has 76 valence electrons. The molecule has 1 aliphatic rings. The fourth-order valence-electron chi connectivity index (χ4n) is 1.35. The van der Waals surface area contributed by atoms with Gasteiger partial charge in [-0.25, -0.2) is 0 Å². The zero-order valence-electron chi connectivity index (χ0n) is 7.43. The average Bonchev–Trinajstić information content (AvgIpc) is 2.68. The first-order valence-electron chi connectivity index (χ1n) is 4.35. The summed E-state index contributed by atoms with van der Waals surface area (Å²) in [6, 6.07) is 1.67. The minimum atomic E-state index is -0.332. The molecule has 0 radical (unpaired) electrons. The normalized spacial score (nSPS) is 22.1. The van der Waals surface area contributed by atoms with Crippen LogP contribution in [-0.2, 0) is 0 Å². The highest BCUT2D eigenvalue weighted by molar-refractivity contribution is 7.99. The molecule has 2 heterocycles. The van der Waals surface area contributed by atoms with Gasteiger partial charge in [-0.2, -0.15) is 0 Å². The van der Waals surface area contributed by atoms with E-state index in [1.807, 2.05) is 17.1 Å². The zero-order valence-corrected chi connectivity index (χ0v) is 9.07. The molecule has 1 saturated heterocycles. The molecule has 1 aliphatic heterocycles. The van der Waals surface area contributed by atoms with Gasteiger partial charge in [-0.05, 0) is 24.3 Å². The summed E-state index contributed by atoms with van der Waals surface area (Å²) in [5, 5.41) is 16.2. The number of nitro groups is 1. The molecule has 4 nitrogen and oxygen atoms in total. The van der Waals surface area contributed by atoms with Crippen LogP contribution in [0.2, 0.25) is 0 Å². The summed E-state index contributed by atoms with van der Waals surface area (Å²) in [4.78, 5) is 10.2. The Bertz CT molecular complexity index is 334. The lowest BCUT2D eigenvalue weighted by Gasteiger charge is -2.21. The monoisotopic (exact) mass is 230 g/mol. The first-order valence-corrected chi connectivity index (χ1v) is 6.28. The Kier molecular flexibility index (Phi) is 3.05. The van der Waals surface area contributed by atoms with E-state index in [0.717, 1.165) is 17.9 Å². The molecule has 0 amide bonds.